The Balaban J connectivity index is 2.03. The fourth-order valence-electron chi connectivity index (χ4n) is 2.35. The predicted octanol–water partition coefficient (Wildman–Crippen LogP) is 2.31. The lowest BCUT2D eigenvalue weighted by Crippen LogP contribution is -2.19. The summed E-state index contributed by atoms with van der Waals surface area (Å²) < 4.78 is 0. The summed E-state index contributed by atoms with van der Waals surface area (Å²) in [7, 11) is 1.96. The Bertz CT molecular complexity index is 660. The molecule has 2 N–H and O–H groups in total. The van der Waals surface area contributed by atoms with Crippen LogP contribution in [0.25, 0.3) is 11.0 Å². The fraction of sp³-hybridized carbons (Fsp3) is 0.200. The first-order valence-corrected chi connectivity index (χ1v) is 6.37. The first-order valence-electron chi connectivity index (χ1n) is 6.37. The summed E-state index contributed by atoms with van der Waals surface area (Å²) in [5.74, 6) is 0.249. The summed E-state index contributed by atoms with van der Waals surface area (Å²) in [6, 6.07) is 12.4. The Kier molecular flexibility index (Phi) is 3.25. The second-order valence-electron chi connectivity index (χ2n) is 4.54. The van der Waals surface area contributed by atoms with Crippen molar-refractivity contribution in [2.24, 2.45) is 0 Å². The molecule has 4 nitrogen and oxygen atoms in total. The number of fused-ring (bicyclic) bond motifs is 1. The van der Waals surface area contributed by atoms with Gasteiger partial charge < -0.3 is 10.3 Å². The van der Waals surface area contributed by atoms with Gasteiger partial charge in [-0.1, -0.05) is 12.1 Å². The number of imidazole rings is 1. The van der Waals surface area contributed by atoms with Crippen molar-refractivity contribution in [2.75, 3.05) is 13.6 Å². The van der Waals surface area contributed by atoms with E-state index in [0.29, 0.717) is 0 Å². The number of rotatable bonds is 4. The molecular formula is C15H16N4. The number of hydrogen-bond acceptors (Lipinski definition) is 3. The average Bonchev–Trinajstić information content (AvgIpc) is 2.93. The topological polar surface area (TPSA) is 53.6 Å². The molecule has 1 aromatic carbocycles. The van der Waals surface area contributed by atoms with Crippen LogP contribution in [0.4, 0.5) is 0 Å². The largest absolute Gasteiger partial charge is 0.345 e. The number of pyridine rings is 1. The molecule has 0 bridgehead atoms. The van der Waals surface area contributed by atoms with Gasteiger partial charge in [0.05, 0.1) is 17.4 Å². The molecule has 3 aromatic rings. The van der Waals surface area contributed by atoms with Crippen LogP contribution in [0.2, 0.25) is 0 Å². The van der Waals surface area contributed by atoms with Crippen molar-refractivity contribution in [3.63, 3.8) is 0 Å². The lowest BCUT2D eigenvalue weighted by atomic mass is 9.94. The van der Waals surface area contributed by atoms with Crippen LogP contribution >= 0.6 is 0 Å². The Morgan fingerprint density at radius 2 is 2.16 bits per heavy atom. The van der Waals surface area contributed by atoms with Gasteiger partial charge in [-0.2, -0.15) is 0 Å². The van der Waals surface area contributed by atoms with Crippen LogP contribution in [0.3, 0.4) is 0 Å². The normalized spacial score (nSPS) is 12.7. The van der Waals surface area contributed by atoms with Gasteiger partial charge in [-0.15, -0.1) is 0 Å². The lowest BCUT2D eigenvalue weighted by Gasteiger charge is -2.16. The SMILES string of the molecule is CNCC(c1ccc2nc[nH]c2c1)c1ccccn1. The van der Waals surface area contributed by atoms with E-state index in [9.17, 15) is 0 Å². The number of H-pyrrole nitrogens is 1. The van der Waals surface area contributed by atoms with Gasteiger partial charge in [0.2, 0.25) is 0 Å². The quantitative estimate of drug-likeness (QED) is 0.749. The zero-order valence-electron chi connectivity index (χ0n) is 10.8. The molecule has 0 fully saturated rings. The van der Waals surface area contributed by atoms with E-state index in [2.05, 4.69) is 38.5 Å². The van der Waals surface area contributed by atoms with E-state index in [1.165, 1.54) is 5.56 Å². The average molecular weight is 252 g/mol. The fourth-order valence-corrected chi connectivity index (χ4v) is 2.35. The van der Waals surface area contributed by atoms with Crippen LogP contribution in [0.5, 0.6) is 0 Å². The highest BCUT2D eigenvalue weighted by Crippen LogP contribution is 2.24. The van der Waals surface area contributed by atoms with Gasteiger partial charge in [0, 0.05) is 24.4 Å². The van der Waals surface area contributed by atoms with E-state index >= 15 is 0 Å². The van der Waals surface area contributed by atoms with E-state index in [1.807, 2.05) is 31.4 Å². The molecule has 1 atom stereocenters. The van der Waals surface area contributed by atoms with Crippen LogP contribution < -0.4 is 5.32 Å². The van der Waals surface area contributed by atoms with Crippen LogP contribution in [-0.4, -0.2) is 28.5 Å². The summed E-state index contributed by atoms with van der Waals surface area (Å²) in [6.07, 6.45) is 3.56. The van der Waals surface area contributed by atoms with Gasteiger partial charge >= 0.3 is 0 Å². The Hall–Kier alpha value is -2.20. The van der Waals surface area contributed by atoms with E-state index in [-0.39, 0.29) is 5.92 Å². The minimum Gasteiger partial charge on any atom is -0.345 e. The molecule has 0 aliphatic rings. The molecule has 19 heavy (non-hydrogen) atoms. The molecule has 96 valence electrons. The van der Waals surface area contributed by atoms with Gasteiger partial charge in [-0.25, -0.2) is 4.98 Å². The smallest absolute Gasteiger partial charge is 0.0931 e. The van der Waals surface area contributed by atoms with Crippen LogP contribution in [0.1, 0.15) is 17.2 Å². The Morgan fingerprint density at radius 1 is 1.21 bits per heavy atom. The maximum absolute atomic E-state index is 4.48. The molecule has 3 rings (SSSR count). The van der Waals surface area contributed by atoms with Crippen molar-refractivity contribution in [1.29, 1.82) is 0 Å². The maximum atomic E-state index is 4.48. The molecular weight excluding hydrogens is 236 g/mol. The highest BCUT2D eigenvalue weighted by Gasteiger charge is 2.15. The first kappa shape index (κ1) is 11.9. The Morgan fingerprint density at radius 3 is 2.95 bits per heavy atom. The highest BCUT2D eigenvalue weighted by molar-refractivity contribution is 5.75. The van der Waals surface area contributed by atoms with E-state index < -0.39 is 0 Å². The molecule has 0 spiro atoms. The standard InChI is InChI=1S/C15H16N4/c1-16-9-12(13-4-2-3-7-17-13)11-5-6-14-15(8-11)19-10-18-14/h2-8,10,12,16H,9H2,1H3,(H,18,19). The molecule has 0 radical (unpaired) electrons. The van der Waals surface area contributed by atoms with Crippen LogP contribution in [0.15, 0.2) is 48.9 Å². The maximum Gasteiger partial charge on any atom is 0.0931 e. The number of aromatic amines is 1. The Labute approximate surface area is 111 Å². The van der Waals surface area contributed by atoms with Crippen LogP contribution in [-0.2, 0) is 0 Å². The third-order valence-corrected chi connectivity index (χ3v) is 3.30. The van der Waals surface area contributed by atoms with Crippen molar-refractivity contribution >= 4 is 11.0 Å². The van der Waals surface area contributed by atoms with Crippen molar-refractivity contribution in [2.45, 2.75) is 5.92 Å². The van der Waals surface area contributed by atoms with E-state index in [1.54, 1.807) is 6.33 Å². The lowest BCUT2D eigenvalue weighted by molar-refractivity contribution is 0.692. The highest BCUT2D eigenvalue weighted by atomic mass is 14.9. The number of nitrogens with one attached hydrogen (secondary N) is 2. The molecule has 0 saturated heterocycles. The number of benzene rings is 1. The molecule has 0 saturated carbocycles. The number of nitrogens with zero attached hydrogens (tertiary/aromatic N) is 2. The summed E-state index contributed by atoms with van der Waals surface area (Å²) in [5.41, 5.74) is 4.38. The zero-order valence-corrected chi connectivity index (χ0v) is 10.8. The van der Waals surface area contributed by atoms with Gasteiger partial charge in [0.25, 0.3) is 0 Å². The first-order chi connectivity index (χ1) is 9.38. The van der Waals surface area contributed by atoms with Gasteiger partial charge in [-0.3, -0.25) is 4.98 Å². The molecule has 0 amide bonds. The van der Waals surface area contributed by atoms with Crippen molar-refractivity contribution in [1.82, 2.24) is 20.3 Å². The summed E-state index contributed by atoms with van der Waals surface area (Å²) >= 11 is 0. The second-order valence-corrected chi connectivity index (χ2v) is 4.54. The van der Waals surface area contributed by atoms with E-state index in [4.69, 9.17) is 0 Å². The van der Waals surface area contributed by atoms with Gasteiger partial charge in [0.15, 0.2) is 0 Å². The molecule has 2 aromatic heterocycles. The van der Waals surface area contributed by atoms with E-state index in [0.717, 1.165) is 23.3 Å². The number of likely N-dealkylation sites (N-methyl/N-ethyl adjacent to an activating group) is 1. The summed E-state index contributed by atoms with van der Waals surface area (Å²) in [5, 5.41) is 3.24. The number of hydrogen-bond donors (Lipinski definition) is 2. The molecule has 4 heteroatoms. The zero-order chi connectivity index (χ0) is 13.1. The summed E-state index contributed by atoms with van der Waals surface area (Å²) in [4.78, 5) is 11.9. The monoisotopic (exact) mass is 252 g/mol. The summed E-state index contributed by atoms with van der Waals surface area (Å²) in [6.45, 7) is 0.858. The van der Waals surface area contributed by atoms with Crippen LogP contribution in [0, 0.1) is 0 Å². The molecule has 1 unspecified atom stereocenters. The molecule has 0 aliphatic heterocycles. The van der Waals surface area contributed by atoms with Crippen molar-refractivity contribution in [3.8, 4) is 0 Å². The minimum absolute atomic E-state index is 0.249. The third kappa shape index (κ3) is 2.35. The predicted molar refractivity (Wildman–Crippen MR) is 76.1 cm³/mol. The second kappa shape index (κ2) is 5.20. The van der Waals surface area contributed by atoms with Gasteiger partial charge in [0.1, 0.15) is 0 Å². The van der Waals surface area contributed by atoms with Crippen molar-refractivity contribution in [3.05, 3.63) is 60.2 Å². The molecule has 2 heterocycles. The third-order valence-electron chi connectivity index (χ3n) is 3.30. The minimum atomic E-state index is 0.249. The van der Waals surface area contributed by atoms with Crippen molar-refractivity contribution < 1.29 is 0 Å². The number of aromatic nitrogens is 3. The van der Waals surface area contributed by atoms with Gasteiger partial charge in [-0.05, 0) is 36.9 Å². The molecule has 0 aliphatic carbocycles.